The first-order valence-corrected chi connectivity index (χ1v) is 6.70. The van der Waals surface area contributed by atoms with E-state index in [4.69, 9.17) is 5.84 Å². The first-order chi connectivity index (χ1) is 8.62. The summed E-state index contributed by atoms with van der Waals surface area (Å²) in [6.45, 7) is 0. The van der Waals surface area contributed by atoms with E-state index in [9.17, 15) is 8.42 Å². The largest absolute Gasteiger partial charge is 0.291 e. The van der Waals surface area contributed by atoms with Crippen molar-refractivity contribution in [2.24, 2.45) is 5.84 Å². The molecular formula is C10H11N5O2S. The molecule has 1 heterocycles. The molecule has 0 fully saturated rings. The van der Waals surface area contributed by atoms with Crippen LogP contribution in [0, 0.1) is 0 Å². The van der Waals surface area contributed by atoms with Gasteiger partial charge in [-0.2, -0.15) is 5.10 Å². The van der Waals surface area contributed by atoms with Crippen LogP contribution < -0.4 is 11.3 Å². The molecule has 0 amide bonds. The van der Waals surface area contributed by atoms with Gasteiger partial charge in [0.25, 0.3) is 5.95 Å². The second-order valence-electron chi connectivity index (χ2n) is 3.49. The molecule has 1 aromatic carbocycles. The highest BCUT2D eigenvalue weighted by Gasteiger charge is 2.16. The number of aromatic nitrogens is 3. The number of nitrogens with two attached hydrogens (primary N) is 1. The molecule has 0 aliphatic rings. The van der Waals surface area contributed by atoms with Crippen molar-refractivity contribution < 1.29 is 8.42 Å². The van der Waals surface area contributed by atoms with E-state index < -0.39 is 9.84 Å². The van der Waals surface area contributed by atoms with E-state index in [1.54, 1.807) is 18.2 Å². The summed E-state index contributed by atoms with van der Waals surface area (Å²) in [7, 11) is -3.44. The summed E-state index contributed by atoms with van der Waals surface area (Å²) in [5.41, 5.74) is 2.49. The minimum absolute atomic E-state index is 0.0794. The number of nitrogen functional groups attached to an aromatic ring is 1. The van der Waals surface area contributed by atoms with Crippen molar-refractivity contribution in [1.82, 2.24) is 15.2 Å². The van der Waals surface area contributed by atoms with E-state index in [0.29, 0.717) is 0 Å². The van der Waals surface area contributed by atoms with Gasteiger partial charge in [0.2, 0.25) is 0 Å². The molecular weight excluding hydrogens is 254 g/mol. The Bertz CT molecular complexity index is 630. The molecule has 0 saturated heterocycles. The van der Waals surface area contributed by atoms with Gasteiger partial charge in [0, 0.05) is 0 Å². The molecule has 0 radical (unpaired) electrons. The number of hydrogen-bond donors (Lipinski definition) is 2. The summed E-state index contributed by atoms with van der Waals surface area (Å²) >= 11 is 0. The average molecular weight is 265 g/mol. The smallest absolute Gasteiger partial charge is 0.257 e. The maximum Gasteiger partial charge on any atom is 0.257 e. The molecule has 0 bridgehead atoms. The lowest BCUT2D eigenvalue weighted by Crippen LogP contribution is -2.14. The second kappa shape index (κ2) is 5.07. The van der Waals surface area contributed by atoms with Gasteiger partial charge in [-0.3, -0.25) is 5.43 Å². The third-order valence-electron chi connectivity index (χ3n) is 2.18. The summed E-state index contributed by atoms with van der Waals surface area (Å²) in [6.07, 6.45) is 1.29. The minimum Gasteiger partial charge on any atom is -0.291 e. The molecule has 94 valence electrons. The highest BCUT2D eigenvalue weighted by molar-refractivity contribution is 7.90. The Balaban J connectivity index is 2.28. The number of hydrogen-bond acceptors (Lipinski definition) is 7. The first-order valence-electron chi connectivity index (χ1n) is 5.05. The van der Waals surface area contributed by atoms with Crippen molar-refractivity contribution in [1.29, 1.82) is 0 Å². The number of anilines is 1. The van der Waals surface area contributed by atoms with Crippen LogP contribution in [0.4, 0.5) is 5.95 Å². The maximum atomic E-state index is 12.1. The van der Waals surface area contributed by atoms with Crippen LogP contribution in [-0.2, 0) is 15.6 Å². The first kappa shape index (κ1) is 12.4. The predicted molar refractivity (Wildman–Crippen MR) is 65.0 cm³/mol. The molecule has 2 aromatic rings. The zero-order valence-electron chi connectivity index (χ0n) is 9.31. The molecule has 1 aromatic heterocycles. The van der Waals surface area contributed by atoms with Crippen LogP contribution in [0.2, 0.25) is 0 Å². The molecule has 0 saturated carbocycles. The Morgan fingerprint density at radius 1 is 1.22 bits per heavy atom. The summed E-state index contributed by atoms with van der Waals surface area (Å²) in [6, 6.07) is 8.15. The van der Waals surface area contributed by atoms with Gasteiger partial charge in [-0.05, 0) is 12.1 Å². The molecule has 8 heteroatoms. The number of benzene rings is 1. The van der Waals surface area contributed by atoms with E-state index in [2.05, 4.69) is 20.6 Å². The fourth-order valence-electron chi connectivity index (χ4n) is 1.37. The van der Waals surface area contributed by atoms with Crippen molar-refractivity contribution >= 4 is 15.8 Å². The summed E-state index contributed by atoms with van der Waals surface area (Å²) in [5, 5.41) is 7.18. The normalized spacial score (nSPS) is 11.2. The third-order valence-corrected chi connectivity index (χ3v) is 3.84. The van der Waals surface area contributed by atoms with Crippen molar-refractivity contribution in [3.63, 3.8) is 0 Å². The lowest BCUT2D eigenvalue weighted by Gasteiger charge is -2.04. The van der Waals surface area contributed by atoms with Gasteiger partial charge >= 0.3 is 0 Å². The van der Waals surface area contributed by atoms with Gasteiger partial charge in [0.05, 0.1) is 22.5 Å². The van der Waals surface area contributed by atoms with Gasteiger partial charge < -0.3 is 0 Å². The molecule has 0 aliphatic heterocycles. The second-order valence-corrected chi connectivity index (χ2v) is 5.48. The topological polar surface area (TPSA) is 111 Å². The maximum absolute atomic E-state index is 12.1. The highest BCUT2D eigenvalue weighted by Crippen LogP contribution is 2.14. The molecule has 18 heavy (non-hydrogen) atoms. The molecule has 3 N–H and O–H groups in total. The number of sulfone groups is 1. The predicted octanol–water partition coefficient (Wildman–Crippen LogP) is 0.131. The third kappa shape index (κ3) is 2.79. The average Bonchev–Trinajstić information content (AvgIpc) is 2.39. The van der Waals surface area contributed by atoms with Crippen molar-refractivity contribution in [3.05, 3.63) is 42.2 Å². The molecule has 2 rings (SSSR count). The quantitative estimate of drug-likeness (QED) is 0.597. The van der Waals surface area contributed by atoms with Gasteiger partial charge in [0.1, 0.15) is 0 Å². The van der Waals surface area contributed by atoms with Gasteiger partial charge in [-0.1, -0.05) is 18.2 Å². The Kier molecular flexibility index (Phi) is 3.49. The zero-order valence-corrected chi connectivity index (χ0v) is 10.1. The zero-order chi connectivity index (χ0) is 13.0. The molecule has 0 unspecified atom stereocenters. The van der Waals surface area contributed by atoms with E-state index >= 15 is 0 Å². The lowest BCUT2D eigenvalue weighted by molar-refractivity contribution is 0.594. The summed E-state index contributed by atoms with van der Waals surface area (Å²) in [5.74, 6) is 4.96. The van der Waals surface area contributed by atoms with Crippen LogP contribution >= 0.6 is 0 Å². The Labute approximate surface area is 104 Å². The summed E-state index contributed by atoms with van der Waals surface area (Å²) in [4.78, 5) is 4.15. The van der Waals surface area contributed by atoms with Crippen LogP contribution in [-0.4, -0.2) is 23.6 Å². The number of rotatable bonds is 4. The standard InChI is InChI=1S/C10H11N5O2S/c11-14-10-13-8(6-12-15-10)7-18(16,17)9-4-2-1-3-5-9/h1-6H,7,11H2,(H,13,14,15). The monoisotopic (exact) mass is 265 g/mol. The number of nitrogens with zero attached hydrogens (tertiary/aromatic N) is 3. The van der Waals surface area contributed by atoms with Crippen molar-refractivity contribution in [3.8, 4) is 0 Å². The van der Waals surface area contributed by atoms with Crippen LogP contribution in [0.3, 0.4) is 0 Å². The Morgan fingerprint density at radius 2 is 1.94 bits per heavy atom. The van der Waals surface area contributed by atoms with E-state index in [0.717, 1.165) is 0 Å². The number of nitrogens with one attached hydrogen (secondary N) is 1. The fourth-order valence-corrected chi connectivity index (χ4v) is 2.64. The van der Waals surface area contributed by atoms with Crippen LogP contribution in [0.5, 0.6) is 0 Å². The Hall–Kier alpha value is -2.06. The molecule has 0 spiro atoms. The minimum atomic E-state index is -3.44. The Morgan fingerprint density at radius 3 is 2.61 bits per heavy atom. The van der Waals surface area contributed by atoms with Crippen LogP contribution in [0.1, 0.15) is 5.69 Å². The fraction of sp³-hybridized carbons (Fsp3) is 0.100. The SMILES string of the molecule is NNc1nncc(CS(=O)(=O)c2ccccc2)n1. The van der Waals surface area contributed by atoms with Crippen molar-refractivity contribution in [2.45, 2.75) is 10.6 Å². The van der Waals surface area contributed by atoms with Crippen molar-refractivity contribution in [2.75, 3.05) is 5.43 Å². The van der Waals surface area contributed by atoms with Gasteiger partial charge in [-0.15, -0.1) is 5.10 Å². The molecule has 0 atom stereocenters. The molecule has 7 nitrogen and oxygen atoms in total. The summed E-state index contributed by atoms with van der Waals surface area (Å²) < 4.78 is 24.1. The lowest BCUT2D eigenvalue weighted by atomic mass is 10.4. The van der Waals surface area contributed by atoms with E-state index in [-0.39, 0.29) is 22.3 Å². The van der Waals surface area contributed by atoms with Crippen LogP contribution in [0.25, 0.3) is 0 Å². The van der Waals surface area contributed by atoms with E-state index in [1.807, 2.05) is 0 Å². The van der Waals surface area contributed by atoms with Gasteiger partial charge in [-0.25, -0.2) is 19.2 Å². The number of hydrazine groups is 1. The van der Waals surface area contributed by atoms with E-state index in [1.165, 1.54) is 18.3 Å². The highest BCUT2D eigenvalue weighted by atomic mass is 32.2. The molecule has 0 aliphatic carbocycles. The van der Waals surface area contributed by atoms with Crippen LogP contribution in [0.15, 0.2) is 41.4 Å². The van der Waals surface area contributed by atoms with Gasteiger partial charge in [0.15, 0.2) is 9.84 Å².